The molecule has 4 rings (SSSR count). The number of carbonyl (C=O) groups is 1. The number of rotatable bonds is 5. The summed E-state index contributed by atoms with van der Waals surface area (Å²) in [5.74, 6) is 1.25. The average Bonchev–Trinajstić information content (AvgIpc) is 3.58. The van der Waals surface area contributed by atoms with Crippen LogP contribution >= 0.6 is 0 Å². The number of hydrogen-bond acceptors (Lipinski definition) is 5. The number of carbonyl (C=O) groups excluding carboxylic acids is 1. The van der Waals surface area contributed by atoms with Crippen molar-refractivity contribution in [3.63, 3.8) is 0 Å². The van der Waals surface area contributed by atoms with Gasteiger partial charge in [-0.2, -0.15) is 0 Å². The molecule has 1 aromatic rings. The first-order valence-corrected chi connectivity index (χ1v) is 12.6. The molecule has 3 aliphatic rings. The van der Waals surface area contributed by atoms with Crippen LogP contribution in [0.15, 0.2) is 10.9 Å². The first kappa shape index (κ1) is 21.5. The fourth-order valence-corrected chi connectivity index (χ4v) is 5.94. The third kappa shape index (κ3) is 4.46. The largest absolute Gasteiger partial charge is 0.342 e. The number of H-pyrrole nitrogens is 1. The summed E-state index contributed by atoms with van der Waals surface area (Å²) in [6.45, 7) is 5.71. The zero-order valence-corrected chi connectivity index (χ0v) is 18.7. The molecule has 1 aromatic heterocycles. The maximum absolute atomic E-state index is 12.6. The summed E-state index contributed by atoms with van der Waals surface area (Å²) in [4.78, 5) is 34.3. The van der Waals surface area contributed by atoms with Gasteiger partial charge in [-0.25, -0.2) is 17.7 Å². The molecular weight excluding hydrogens is 404 g/mol. The molecule has 1 saturated carbocycles. The smallest absolute Gasteiger partial charge is 0.251 e. The van der Waals surface area contributed by atoms with E-state index in [1.54, 1.807) is 18.2 Å². The Morgan fingerprint density at radius 3 is 2.43 bits per heavy atom. The van der Waals surface area contributed by atoms with Gasteiger partial charge in [0.25, 0.3) is 5.56 Å². The Morgan fingerprint density at radius 2 is 1.80 bits per heavy atom. The van der Waals surface area contributed by atoms with Gasteiger partial charge in [-0.05, 0) is 52.4 Å². The standard InChI is InChI=1S/C21H32N4O4S/c1-14(2)30(28,29)25-9-3-4-17(13-25)18-12-19(26)23-20(22-18)15-7-10-24(11-8-15)21(27)16-5-6-16/h12,14-17H,3-11,13H2,1-2H3,(H,22,23,26)/t17-/m0/s1. The molecule has 1 atom stereocenters. The van der Waals surface area contributed by atoms with Crippen molar-refractivity contribution in [1.29, 1.82) is 0 Å². The zero-order chi connectivity index (χ0) is 21.5. The lowest BCUT2D eigenvalue weighted by Crippen LogP contribution is -2.43. The molecule has 0 radical (unpaired) electrons. The van der Waals surface area contributed by atoms with Gasteiger partial charge in [-0.1, -0.05) is 0 Å². The summed E-state index contributed by atoms with van der Waals surface area (Å²) >= 11 is 0. The topological polar surface area (TPSA) is 103 Å². The average molecular weight is 437 g/mol. The molecule has 1 amide bonds. The van der Waals surface area contributed by atoms with Crippen LogP contribution in [0.4, 0.5) is 0 Å². The number of likely N-dealkylation sites (tertiary alicyclic amines) is 1. The van der Waals surface area contributed by atoms with Crippen LogP contribution in [0.2, 0.25) is 0 Å². The van der Waals surface area contributed by atoms with Crippen LogP contribution < -0.4 is 5.56 Å². The molecule has 0 aromatic carbocycles. The van der Waals surface area contributed by atoms with Crippen LogP contribution in [0.5, 0.6) is 0 Å². The van der Waals surface area contributed by atoms with E-state index < -0.39 is 15.3 Å². The third-order valence-electron chi connectivity index (χ3n) is 6.66. The number of piperidine rings is 2. The number of nitrogens with one attached hydrogen (secondary N) is 1. The van der Waals surface area contributed by atoms with E-state index in [2.05, 4.69) is 4.98 Å². The molecule has 3 heterocycles. The molecule has 2 aliphatic heterocycles. The highest BCUT2D eigenvalue weighted by molar-refractivity contribution is 7.89. The van der Waals surface area contributed by atoms with Crippen molar-refractivity contribution < 1.29 is 13.2 Å². The molecule has 0 spiro atoms. The Labute approximate surface area is 178 Å². The summed E-state index contributed by atoms with van der Waals surface area (Å²) < 4.78 is 26.7. The predicted octanol–water partition coefficient (Wildman–Crippen LogP) is 1.80. The van der Waals surface area contributed by atoms with Gasteiger partial charge in [0.05, 0.1) is 10.9 Å². The molecule has 3 fully saturated rings. The number of aromatic nitrogens is 2. The number of amides is 1. The Morgan fingerprint density at radius 1 is 1.10 bits per heavy atom. The maximum Gasteiger partial charge on any atom is 0.251 e. The van der Waals surface area contributed by atoms with E-state index in [-0.39, 0.29) is 29.2 Å². The Hall–Kier alpha value is -1.74. The molecule has 0 bridgehead atoms. The zero-order valence-electron chi connectivity index (χ0n) is 17.8. The van der Waals surface area contributed by atoms with Crippen LogP contribution in [0.1, 0.15) is 75.7 Å². The van der Waals surface area contributed by atoms with Crippen LogP contribution in [0.25, 0.3) is 0 Å². The van der Waals surface area contributed by atoms with Crippen molar-refractivity contribution >= 4 is 15.9 Å². The summed E-state index contributed by atoms with van der Waals surface area (Å²) in [5.41, 5.74) is 0.504. The number of hydrogen-bond donors (Lipinski definition) is 1. The Bertz CT molecular complexity index is 946. The second-order valence-electron chi connectivity index (χ2n) is 9.22. The Balaban J connectivity index is 1.47. The van der Waals surface area contributed by atoms with E-state index in [0.717, 1.165) is 38.5 Å². The van der Waals surface area contributed by atoms with E-state index in [1.165, 1.54) is 6.07 Å². The van der Waals surface area contributed by atoms with E-state index in [4.69, 9.17) is 4.98 Å². The first-order valence-electron chi connectivity index (χ1n) is 11.1. The number of aromatic amines is 1. The van der Waals surface area contributed by atoms with Gasteiger partial charge >= 0.3 is 0 Å². The van der Waals surface area contributed by atoms with E-state index in [0.29, 0.717) is 37.7 Å². The van der Waals surface area contributed by atoms with Crippen molar-refractivity contribution in [3.8, 4) is 0 Å². The molecule has 1 aliphatic carbocycles. The van der Waals surface area contributed by atoms with Crippen molar-refractivity contribution in [3.05, 3.63) is 27.9 Å². The highest BCUT2D eigenvalue weighted by Gasteiger charge is 2.36. The van der Waals surface area contributed by atoms with E-state index in [1.807, 2.05) is 4.90 Å². The molecule has 9 heteroatoms. The molecule has 0 unspecified atom stereocenters. The SMILES string of the molecule is CC(C)S(=O)(=O)N1CCC[C@H](c2cc(=O)[nH]c(C3CCN(C(=O)C4CC4)CC3)n2)C1. The van der Waals surface area contributed by atoms with Gasteiger partial charge in [0.2, 0.25) is 15.9 Å². The molecule has 30 heavy (non-hydrogen) atoms. The minimum atomic E-state index is -3.32. The van der Waals surface area contributed by atoms with Crippen molar-refractivity contribution in [2.45, 2.75) is 69.5 Å². The van der Waals surface area contributed by atoms with Crippen LogP contribution in [-0.4, -0.2) is 64.9 Å². The van der Waals surface area contributed by atoms with Gasteiger partial charge in [-0.3, -0.25) is 9.59 Å². The lowest BCUT2D eigenvalue weighted by atomic mass is 9.93. The molecule has 166 valence electrons. The predicted molar refractivity (Wildman–Crippen MR) is 114 cm³/mol. The fourth-order valence-electron chi connectivity index (χ4n) is 4.57. The second kappa shape index (κ2) is 8.42. The molecule has 8 nitrogen and oxygen atoms in total. The lowest BCUT2D eigenvalue weighted by Gasteiger charge is -2.34. The van der Waals surface area contributed by atoms with E-state index >= 15 is 0 Å². The van der Waals surface area contributed by atoms with Gasteiger partial charge in [-0.15, -0.1) is 0 Å². The molecule has 2 saturated heterocycles. The van der Waals surface area contributed by atoms with Crippen LogP contribution in [-0.2, 0) is 14.8 Å². The van der Waals surface area contributed by atoms with Crippen LogP contribution in [0.3, 0.4) is 0 Å². The lowest BCUT2D eigenvalue weighted by molar-refractivity contribution is -0.133. The number of sulfonamides is 1. The minimum Gasteiger partial charge on any atom is -0.342 e. The highest BCUT2D eigenvalue weighted by Crippen LogP contribution is 2.34. The minimum absolute atomic E-state index is 0.0649. The van der Waals surface area contributed by atoms with Gasteiger partial charge in [0.1, 0.15) is 5.82 Å². The van der Waals surface area contributed by atoms with Crippen molar-refractivity contribution in [2.24, 2.45) is 5.92 Å². The maximum atomic E-state index is 12.6. The van der Waals surface area contributed by atoms with Gasteiger partial charge in [0.15, 0.2) is 0 Å². The summed E-state index contributed by atoms with van der Waals surface area (Å²) in [6, 6.07) is 1.52. The van der Waals surface area contributed by atoms with Gasteiger partial charge in [0, 0.05) is 50.0 Å². The quantitative estimate of drug-likeness (QED) is 0.758. The number of nitrogens with zero attached hydrogens (tertiary/aromatic N) is 3. The first-order chi connectivity index (χ1) is 14.3. The van der Waals surface area contributed by atoms with Crippen molar-refractivity contribution in [1.82, 2.24) is 19.2 Å². The third-order valence-corrected chi connectivity index (χ3v) is 8.90. The molecule has 1 N–H and O–H groups in total. The summed E-state index contributed by atoms with van der Waals surface area (Å²) in [6.07, 6.45) is 5.21. The van der Waals surface area contributed by atoms with Crippen molar-refractivity contribution in [2.75, 3.05) is 26.2 Å². The van der Waals surface area contributed by atoms with E-state index in [9.17, 15) is 18.0 Å². The highest BCUT2D eigenvalue weighted by atomic mass is 32.2. The monoisotopic (exact) mass is 436 g/mol. The summed E-state index contributed by atoms with van der Waals surface area (Å²) in [7, 11) is -3.32. The molecular formula is C21H32N4O4S. The fraction of sp³-hybridized carbons (Fsp3) is 0.762. The van der Waals surface area contributed by atoms with Crippen LogP contribution in [0, 0.1) is 5.92 Å². The summed E-state index contributed by atoms with van der Waals surface area (Å²) in [5, 5.41) is -0.456. The van der Waals surface area contributed by atoms with Gasteiger partial charge < -0.3 is 9.88 Å². The Kier molecular flexibility index (Phi) is 6.03. The normalized spacial score (nSPS) is 24.4. The second-order valence-corrected chi connectivity index (χ2v) is 11.7.